The average molecular weight is 198 g/mol. The molecule has 0 aromatic carbocycles. The largest absolute Gasteiger partial charge is 0.478 e. The molecular formula is C10H14O4. The molecular weight excluding hydrogens is 184 g/mol. The van der Waals surface area contributed by atoms with Gasteiger partial charge in [-0.2, -0.15) is 0 Å². The van der Waals surface area contributed by atoms with Gasteiger partial charge in [-0.25, -0.2) is 4.79 Å². The lowest BCUT2D eigenvalue weighted by Crippen LogP contribution is -2.13. The van der Waals surface area contributed by atoms with E-state index in [4.69, 9.17) is 5.11 Å². The number of ketones is 2. The van der Waals surface area contributed by atoms with Crippen LogP contribution in [0, 0.1) is 5.92 Å². The number of carbonyl (C=O) groups is 3. The Bertz CT molecular complexity index is 288. The van der Waals surface area contributed by atoms with Gasteiger partial charge >= 0.3 is 5.97 Å². The van der Waals surface area contributed by atoms with Crippen LogP contribution in [0.3, 0.4) is 0 Å². The van der Waals surface area contributed by atoms with Crippen LogP contribution in [0.25, 0.3) is 0 Å². The molecule has 1 N–H and O–H groups in total. The van der Waals surface area contributed by atoms with E-state index in [1.807, 2.05) is 0 Å². The zero-order valence-electron chi connectivity index (χ0n) is 8.53. The molecule has 0 radical (unpaired) electrons. The van der Waals surface area contributed by atoms with E-state index in [1.54, 1.807) is 6.92 Å². The van der Waals surface area contributed by atoms with Crippen LogP contribution < -0.4 is 0 Å². The van der Waals surface area contributed by atoms with Gasteiger partial charge in [0.1, 0.15) is 11.6 Å². The Morgan fingerprint density at radius 3 is 2.14 bits per heavy atom. The topological polar surface area (TPSA) is 71.4 Å². The van der Waals surface area contributed by atoms with Gasteiger partial charge in [-0.05, 0) is 13.8 Å². The fourth-order valence-electron chi connectivity index (χ4n) is 0.946. The van der Waals surface area contributed by atoms with Crippen LogP contribution in [-0.4, -0.2) is 22.6 Å². The zero-order chi connectivity index (χ0) is 11.3. The third-order valence-electron chi connectivity index (χ3n) is 1.77. The molecule has 0 bridgehead atoms. The third kappa shape index (κ3) is 4.54. The molecule has 0 aromatic heterocycles. The summed E-state index contributed by atoms with van der Waals surface area (Å²) < 4.78 is 0. The van der Waals surface area contributed by atoms with Gasteiger partial charge in [0.25, 0.3) is 0 Å². The summed E-state index contributed by atoms with van der Waals surface area (Å²) in [4.78, 5) is 32.3. The summed E-state index contributed by atoms with van der Waals surface area (Å²) in [7, 11) is 0. The van der Waals surface area contributed by atoms with E-state index in [9.17, 15) is 14.4 Å². The van der Waals surface area contributed by atoms with E-state index in [2.05, 4.69) is 0 Å². The number of hydrogen-bond donors (Lipinski definition) is 1. The van der Waals surface area contributed by atoms with Crippen molar-refractivity contribution in [2.45, 2.75) is 27.2 Å². The molecule has 14 heavy (non-hydrogen) atoms. The molecule has 4 heteroatoms. The lowest BCUT2D eigenvalue weighted by molar-refractivity contribution is -0.132. The zero-order valence-corrected chi connectivity index (χ0v) is 8.53. The Morgan fingerprint density at radius 1 is 1.29 bits per heavy atom. The SMILES string of the molecule is CC(=O)CC(=O)C(C)C=C(C)C(=O)O. The number of allylic oxidation sites excluding steroid dienone is 1. The number of carboxylic acids is 1. The highest BCUT2D eigenvalue weighted by Crippen LogP contribution is 2.07. The van der Waals surface area contributed by atoms with Crippen LogP contribution in [0.4, 0.5) is 0 Å². The first-order valence-corrected chi connectivity index (χ1v) is 4.28. The van der Waals surface area contributed by atoms with E-state index in [0.29, 0.717) is 0 Å². The van der Waals surface area contributed by atoms with E-state index < -0.39 is 11.9 Å². The van der Waals surface area contributed by atoms with E-state index in [-0.39, 0.29) is 23.6 Å². The predicted octanol–water partition coefficient (Wildman–Crippen LogP) is 1.20. The van der Waals surface area contributed by atoms with E-state index in [1.165, 1.54) is 19.9 Å². The quantitative estimate of drug-likeness (QED) is 0.532. The van der Waals surface area contributed by atoms with Crippen molar-refractivity contribution in [1.82, 2.24) is 0 Å². The minimum absolute atomic E-state index is 0.120. The Labute approximate surface area is 82.6 Å². The standard InChI is InChI=1S/C10H14O4/c1-6(4-7(2)10(13)14)9(12)5-8(3)11/h4,6H,5H2,1-3H3,(H,13,14). The van der Waals surface area contributed by atoms with Crippen molar-refractivity contribution in [1.29, 1.82) is 0 Å². The number of Topliss-reactive ketones (excluding diaryl/α,β-unsaturated/α-hetero) is 2. The van der Waals surface area contributed by atoms with Crippen LogP contribution in [0.2, 0.25) is 0 Å². The van der Waals surface area contributed by atoms with Crippen LogP contribution in [0.5, 0.6) is 0 Å². The molecule has 0 saturated heterocycles. The predicted molar refractivity (Wildman–Crippen MR) is 50.9 cm³/mol. The van der Waals surface area contributed by atoms with Crippen molar-refractivity contribution in [2.24, 2.45) is 5.92 Å². The van der Waals surface area contributed by atoms with Crippen LogP contribution in [0.1, 0.15) is 27.2 Å². The summed E-state index contributed by atoms with van der Waals surface area (Å²) in [6.45, 7) is 4.33. The molecule has 0 spiro atoms. The highest BCUT2D eigenvalue weighted by molar-refractivity contribution is 6.00. The number of carboxylic acid groups (broad SMARTS) is 1. The summed E-state index contributed by atoms with van der Waals surface area (Å²) in [5, 5.41) is 8.55. The molecule has 0 saturated carbocycles. The highest BCUT2D eigenvalue weighted by atomic mass is 16.4. The second-order valence-electron chi connectivity index (χ2n) is 3.29. The Balaban J connectivity index is 4.41. The third-order valence-corrected chi connectivity index (χ3v) is 1.77. The minimum Gasteiger partial charge on any atom is -0.478 e. The second-order valence-corrected chi connectivity index (χ2v) is 3.29. The van der Waals surface area contributed by atoms with Crippen molar-refractivity contribution in [3.05, 3.63) is 11.6 Å². The number of hydrogen-bond acceptors (Lipinski definition) is 3. The summed E-state index contributed by atoms with van der Waals surface area (Å²) in [5.74, 6) is -2.02. The van der Waals surface area contributed by atoms with Gasteiger partial charge in [0.2, 0.25) is 0 Å². The molecule has 0 aliphatic rings. The second kappa shape index (κ2) is 5.32. The van der Waals surface area contributed by atoms with Gasteiger partial charge in [-0.3, -0.25) is 9.59 Å². The molecule has 4 nitrogen and oxygen atoms in total. The van der Waals surface area contributed by atoms with Crippen molar-refractivity contribution < 1.29 is 19.5 Å². The number of carbonyl (C=O) groups excluding carboxylic acids is 2. The molecule has 0 aromatic rings. The van der Waals surface area contributed by atoms with Gasteiger partial charge in [0.05, 0.1) is 6.42 Å². The normalized spacial score (nSPS) is 13.5. The summed E-state index contributed by atoms with van der Waals surface area (Å²) >= 11 is 0. The minimum atomic E-state index is -1.05. The smallest absolute Gasteiger partial charge is 0.330 e. The maximum Gasteiger partial charge on any atom is 0.330 e. The van der Waals surface area contributed by atoms with Gasteiger partial charge < -0.3 is 5.11 Å². The molecule has 78 valence electrons. The molecule has 0 fully saturated rings. The highest BCUT2D eigenvalue weighted by Gasteiger charge is 2.13. The monoisotopic (exact) mass is 198 g/mol. The summed E-state index contributed by atoms with van der Waals surface area (Å²) in [6.07, 6.45) is 1.22. The van der Waals surface area contributed by atoms with E-state index in [0.717, 1.165) is 0 Å². The van der Waals surface area contributed by atoms with Crippen molar-refractivity contribution in [3.63, 3.8) is 0 Å². The van der Waals surface area contributed by atoms with Crippen LogP contribution in [-0.2, 0) is 14.4 Å². The number of aliphatic carboxylic acids is 1. The Hall–Kier alpha value is -1.45. The molecule has 0 amide bonds. The Kier molecular flexibility index (Phi) is 4.77. The van der Waals surface area contributed by atoms with Crippen LogP contribution >= 0.6 is 0 Å². The lowest BCUT2D eigenvalue weighted by Gasteiger charge is -2.04. The molecule has 0 rings (SSSR count). The van der Waals surface area contributed by atoms with E-state index >= 15 is 0 Å². The fraction of sp³-hybridized carbons (Fsp3) is 0.500. The summed E-state index contributed by atoms with van der Waals surface area (Å²) in [5.41, 5.74) is 0.120. The maximum absolute atomic E-state index is 11.3. The van der Waals surface area contributed by atoms with Gasteiger partial charge in [0.15, 0.2) is 0 Å². The molecule has 0 aliphatic heterocycles. The first kappa shape index (κ1) is 12.6. The molecule has 0 heterocycles. The number of rotatable bonds is 5. The van der Waals surface area contributed by atoms with Crippen molar-refractivity contribution in [2.75, 3.05) is 0 Å². The summed E-state index contributed by atoms with van der Waals surface area (Å²) in [6, 6.07) is 0. The molecule has 1 atom stereocenters. The van der Waals surface area contributed by atoms with Gasteiger partial charge in [-0.15, -0.1) is 0 Å². The van der Waals surface area contributed by atoms with Crippen LogP contribution in [0.15, 0.2) is 11.6 Å². The van der Waals surface area contributed by atoms with Gasteiger partial charge in [0, 0.05) is 11.5 Å². The first-order chi connectivity index (χ1) is 6.34. The lowest BCUT2D eigenvalue weighted by atomic mass is 10.00. The first-order valence-electron chi connectivity index (χ1n) is 4.28. The Morgan fingerprint density at radius 2 is 1.79 bits per heavy atom. The molecule has 0 aliphatic carbocycles. The van der Waals surface area contributed by atoms with Crippen molar-refractivity contribution >= 4 is 17.5 Å². The maximum atomic E-state index is 11.3. The average Bonchev–Trinajstić information content (AvgIpc) is 2.02. The van der Waals surface area contributed by atoms with Crippen molar-refractivity contribution in [3.8, 4) is 0 Å². The van der Waals surface area contributed by atoms with Gasteiger partial charge in [-0.1, -0.05) is 13.0 Å². The molecule has 1 unspecified atom stereocenters. The fourth-order valence-corrected chi connectivity index (χ4v) is 0.946.